The second-order valence-electron chi connectivity index (χ2n) is 2.68. The van der Waals surface area contributed by atoms with Crippen molar-refractivity contribution in [2.45, 2.75) is 11.3 Å². The average molecular weight is 239 g/mol. The van der Waals surface area contributed by atoms with Crippen LogP contribution in [-0.2, 0) is 10.0 Å². The van der Waals surface area contributed by atoms with E-state index < -0.39 is 38.3 Å². The van der Waals surface area contributed by atoms with Crippen LogP contribution in [0.25, 0.3) is 0 Å². The van der Waals surface area contributed by atoms with Gasteiger partial charge in [0.1, 0.15) is 10.6 Å². The van der Waals surface area contributed by atoms with Crippen LogP contribution in [0.2, 0.25) is 0 Å². The van der Waals surface area contributed by atoms with Crippen molar-refractivity contribution in [3.05, 3.63) is 22.1 Å². The number of aromatic amines is 1. The highest BCUT2D eigenvalue weighted by Crippen LogP contribution is 2.23. The van der Waals surface area contributed by atoms with E-state index in [2.05, 4.69) is 5.14 Å². The summed E-state index contributed by atoms with van der Waals surface area (Å²) < 4.78 is 46.5. The average Bonchev–Trinajstić information content (AvgIpc) is 2.06. The summed E-state index contributed by atoms with van der Waals surface area (Å²) in [5.41, 5.74) is 2.53. The quantitative estimate of drug-likeness (QED) is 0.647. The number of nitrogen functional groups attached to an aromatic ring is 1. The fraction of sp³-hybridized carbons (Fsp3) is 0.167. The van der Waals surface area contributed by atoms with E-state index >= 15 is 0 Å². The molecule has 0 saturated heterocycles. The summed E-state index contributed by atoms with van der Waals surface area (Å²) in [6.07, 6.45) is -3.16. The van der Waals surface area contributed by atoms with Gasteiger partial charge in [-0.2, -0.15) is 0 Å². The molecule has 84 valence electrons. The van der Waals surface area contributed by atoms with Crippen LogP contribution in [0.4, 0.5) is 14.5 Å². The standard InChI is InChI=1S/C6H7F2N3O3S/c7-5(8)4-3(15(10,13)14)1-2(9)6(12)11-4/h1,5H,9H2,(H,11,12)(H2,10,13,14). The largest absolute Gasteiger partial charge is 0.394 e. The van der Waals surface area contributed by atoms with Crippen molar-refractivity contribution < 1.29 is 17.2 Å². The monoisotopic (exact) mass is 239 g/mol. The van der Waals surface area contributed by atoms with Crippen molar-refractivity contribution >= 4 is 15.7 Å². The topological polar surface area (TPSA) is 119 Å². The first kappa shape index (κ1) is 11.6. The highest BCUT2D eigenvalue weighted by Gasteiger charge is 2.22. The number of pyridine rings is 1. The number of rotatable bonds is 2. The lowest BCUT2D eigenvalue weighted by atomic mass is 10.3. The van der Waals surface area contributed by atoms with E-state index in [9.17, 15) is 22.0 Å². The van der Waals surface area contributed by atoms with Crippen LogP contribution in [-0.4, -0.2) is 13.4 Å². The Hall–Kier alpha value is -1.48. The molecular formula is C6H7F2N3O3S. The van der Waals surface area contributed by atoms with Gasteiger partial charge in [0.05, 0.1) is 5.69 Å². The van der Waals surface area contributed by atoms with Crippen LogP contribution in [0.5, 0.6) is 0 Å². The van der Waals surface area contributed by atoms with Gasteiger partial charge < -0.3 is 10.7 Å². The molecule has 0 aliphatic heterocycles. The number of aromatic nitrogens is 1. The Kier molecular flexibility index (Phi) is 2.77. The zero-order chi connectivity index (χ0) is 11.8. The molecule has 5 N–H and O–H groups in total. The zero-order valence-electron chi connectivity index (χ0n) is 7.20. The van der Waals surface area contributed by atoms with Gasteiger partial charge in [-0.15, -0.1) is 0 Å². The molecule has 0 amide bonds. The summed E-state index contributed by atoms with van der Waals surface area (Å²) in [4.78, 5) is 11.7. The molecule has 1 aromatic rings. The molecule has 0 aliphatic carbocycles. The van der Waals surface area contributed by atoms with Crippen molar-refractivity contribution in [1.82, 2.24) is 4.98 Å². The summed E-state index contributed by atoms with van der Waals surface area (Å²) >= 11 is 0. The molecule has 0 aliphatic rings. The summed E-state index contributed by atoms with van der Waals surface area (Å²) in [5, 5.41) is 4.68. The number of nitrogens with one attached hydrogen (secondary N) is 1. The van der Waals surface area contributed by atoms with Crippen molar-refractivity contribution in [1.29, 1.82) is 0 Å². The molecule has 9 heteroatoms. The van der Waals surface area contributed by atoms with E-state index in [1.165, 1.54) is 0 Å². The van der Waals surface area contributed by atoms with Crippen molar-refractivity contribution in [3.8, 4) is 0 Å². The van der Waals surface area contributed by atoms with Gasteiger partial charge in [-0.05, 0) is 6.07 Å². The smallest absolute Gasteiger partial charge is 0.279 e. The lowest BCUT2D eigenvalue weighted by molar-refractivity contribution is 0.142. The van der Waals surface area contributed by atoms with Crippen molar-refractivity contribution in [2.75, 3.05) is 5.73 Å². The molecule has 0 atom stereocenters. The summed E-state index contributed by atoms with van der Waals surface area (Å²) in [6, 6.07) is 0.607. The molecule has 0 bridgehead atoms. The second-order valence-corrected chi connectivity index (χ2v) is 4.21. The molecule has 6 nitrogen and oxygen atoms in total. The SMILES string of the molecule is Nc1cc(S(N)(=O)=O)c(C(F)F)[nH]c1=O. The Morgan fingerprint density at radius 2 is 1.93 bits per heavy atom. The van der Waals surface area contributed by atoms with Gasteiger partial charge >= 0.3 is 0 Å². The Morgan fingerprint density at radius 3 is 2.33 bits per heavy atom. The predicted octanol–water partition coefficient (Wildman–Crippen LogP) is -0.458. The van der Waals surface area contributed by atoms with Gasteiger partial charge in [-0.25, -0.2) is 22.3 Å². The fourth-order valence-electron chi connectivity index (χ4n) is 0.938. The molecular weight excluding hydrogens is 232 g/mol. The predicted molar refractivity (Wildman–Crippen MR) is 47.8 cm³/mol. The number of halogens is 2. The molecule has 1 heterocycles. The number of nitrogens with two attached hydrogens (primary N) is 2. The van der Waals surface area contributed by atoms with Gasteiger partial charge in [0.15, 0.2) is 0 Å². The minimum Gasteiger partial charge on any atom is -0.394 e. The Balaban J connectivity index is 3.64. The van der Waals surface area contributed by atoms with Crippen LogP contribution in [0, 0.1) is 0 Å². The molecule has 0 unspecified atom stereocenters. The van der Waals surface area contributed by atoms with E-state index in [1.54, 1.807) is 4.98 Å². The first-order chi connectivity index (χ1) is 6.73. The third-order valence-corrected chi connectivity index (χ3v) is 2.54. The number of H-pyrrole nitrogens is 1. The number of anilines is 1. The maximum Gasteiger partial charge on any atom is 0.279 e. The molecule has 0 aromatic carbocycles. The van der Waals surface area contributed by atoms with E-state index in [0.29, 0.717) is 6.07 Å². The van der Waals surface area contributed by atoms with Crippen LogP contribution in [0.3, 0.4) is 0 Å². The van der Waals surface area contributed by atoms with Gasteiger partial charge in [0.25, 0.3) is 12.0 Å². The Labute approximate surface area is 82.9 Å². The summed E-state index contributed by atoms with van der Waals surface area (Å²) in [7, 11) is -4.35. The maximum atomic E-state index is 12.3. The Morgan fingerprint density at radius 1 is 1.40 bits per heavy atom. The molecule has 1 rings (SSSR count). The molecule has 0 radical (unpaired) electrons. The van der Waals surface area contributed by atoms with Crippen molar-refractivity contribution in [2.24, 2.45) is 5.14 Å². The number of sulfonamides is 1. The number of alkyl halides is 2. The number of primary sulfonamides is 1. The minimum atomic E-state index is -4.35. The van der Waals surface area contributed by atoms with Gasteiger partial charge in [0, 0.05) is 0 Å². The van der Waals surface area contributed by atoms with E-state index in [4.69, 9.17) is 5.73 Å². The lowest BCUT2D eigenvalue weighted by Crippen LogP contribution is -2.21. The lowest BCUT2D eigenvalue weighted by Gasteiger charge is -2.06. The molecule has 0 saturated carbocycles. The zero-order valence-corrected chi connectivity index (χ0v) is 8.01. The van der Waals surface area contributed by atoms with Crippen molar-refractivity contribution in [3.63, 3.8) is 0 Å². The first-order valence-corrected chi connectivity index (χ1v) is 5.11. The van der Waals surface area contributed by atoms with Crippen LogP contribution >= 0.6 is 0 Å². The van der Waals surface area contributed by atoms with Crippen LogP contribution in [0.1, 0.15) is 12.1 Å². The van der Waals surface area contributed by atoms with E-state index in [1.807, 2.05) is 0 Å². The van der Waals surface area contributed by atoms with E-state index in [-0.39, 0.29) is 0 Å². The first-order valence-electron chi connectivity index (χ1n) is 3.57. The maximum absolute atomic E-state index is 12.3. The third-order valence-electron chi connectivity index (χ3n) is 1.59. The summed E-state index contributed by atoms with van der Waals surface area (Å²) in [5.74, 6) is 0. The van der Waals surface area contributed by atoms with Crippen LogP contribution in [0.15, 0.2) is 15.8 Å². The highest BCUT2D eigenvalue weighted by molar-refractivity contribution is 7.89. The summed E-state index contributed by atoms with van der Waals surface area (Å²) in [6.45, 7) is 0. The third kappa shape index (κ3) is 2.30. The molecule has 1 aromatic heterocycles. The molecule has 0 fully saturated rings. The van der Waals surface area contributed by atoms with E-state index in [0.717, 1.165) is 0 Å². The van der Waals surface area contributed by atoms with Gasteiger partial charge in [-0.1, -0.05) is 0 Å². The molecule has 0 spiro atoms. The van der Waals surface area contributed by atoms with Crippen LogP contribution < -0.4 is 16.4 Å². The minimum absolute atomic E-state index is 0.497. The number of hydrogen-bond acceptors (Lipinski definition) is 4. The number of hydrogen-bond donors (Lipinski definition) is 3. The molecule has 15 heavy (non-hydrogen) atoms. The highest BCUT2D eigenvalue weighted by atomic mass is 32.2. The normalized spacial score (nSPS) is 12.0. The fourth-order valence-corrected chi connectivity index (χ4v) is 1.68. The second kappa shape index (κ2) is 3.59. The Bertz CT molecular complexity index is 537. The van der Waals surface area contributed by atoms with Gasteiger partial charge in [-0.3, -0.25) is 4.79 Å². The van der Waals surface area contributed by atoms with Gasteiger partial charge in [0.2, 0.25) is 10.0 Å².